The summed E-state index contributed by atoms with van der Waals surface area (Å²) in [6, 6.07) is -2.51. The minimum Gasteiger partial charge on any atom is -0.444 e. The second kappa shape index (κ2) is 19.1. The minimum atomic E-state index is -4.85. The molecule has 0 spiro atoms. The van der Waals surface area contributed by atoms with E-state index >= 15 is 0 Å². The Labute approximate surface area is 282 Å². The first kappa shape index (κ1) is 41.0. The third kappa shape index (κ3) is 13.3. The quantitative estimate of drug-likeness (QED) is 0.114. The molecule has 14 nitrogen and oxygen atoms in total. The van der Waals surface area contributed by atoms with E-state index in [4.69, 9.17) is 14.1 Å². The smallest absolute Gasteiger partial charge is 0.418 e. The van der Waals surface area contributed by atoms with Gasteiger partial charge in [-0.25, -0.2) is 15.1 Å². The zero-order chi connectivity index (χ0) is 35.3. The Morgan fingerprint density at radius 1 is 0.915 bits per heavy atom. The Balaban J connectivity index is 0.000000387. The van der Waals surface area contributed by atoms with Gasteiger partial charge in [0.15, 0.2) is 0 Å². The van der Waals surface area contributed by atoms with Crippen molar-refractivity contribution in [3.05, 3.63) is 0 Å². The van der Waals surface area contributed by atoms with Gasteiger partial charge in [0.2, 0.25) is 0 Å². The van der Waals surface area contributed by atoms with Crippen molar-refractivity contribution >= 4 is 28.4 Å². The summed E-state index contributed by atoms with van der Waals surface area (Å²) in [6.45, 7) is 21.0. The molecule has 15 heteroatoms. The summed E-state index contributed by atoms with van der Waals surface area (Å²) in [7, 11) is -4.85. The van der Waals surface area contributed by atoms with E-state index in [-0.39, 0.29) is 25.6 Å². The first-order valence-electron chi connectivity index (χ1n) is 17.6. The maximum atomic E-state index is 12.5. The van der Waals surface area contributed by atoms with Gasteiger partial charge >= 0.3 is 22.5 Å². The highest BCUT2D eigenvalue weighted by atomic mass is 32.3. The maximum absolute atomic E-state index is 12.5. The van der Waals surface area contributed by atoms with E-state index < -0.39 is 46.1 Å². The monoisotopic (exact) mass is 692 g/mol. The number of nitrogens with zero attached hydrogens (tertiary/aromatic N) is 4. The van der Waals surface area contributed by atoms with Gasteiger partial charge in [0.25, 0.3) is 5.91 Å². The van der Waals surface area contributed by atoms with Crippen LogP contribution in [0.15, 0.2) is 0 Å². The average molecular weight is 693 g/mol. The number of urea groups is 1. The number of ether oxygens (including phenoxy) is 1. The number of hydroxylamine groups is 3. The van der Waals surface area contributed by atoms with Crippen molar-refractivity contribution in [3.63, 3.8) is 0 Å². The van der Waals surface area contributed by atoms with Crippen LogP contribution in [-0.4, -0.2) is 120 Å². The molecule has 3 heterocycles. The van der Waals surface area contributed by atoms with E-state index in [1.165, 1.54) is 86.9 Å². The molecule has 3 fully saturated rings. The lowest BCUT2D eigenvalue weighted by Crippen LogP contribution is -2.56. The Bertz CT molecular complexity index is 1060. The maximum Gasteiger partial charge on any atom is 0.418 e. The number of piperidine rings is 1. The molecule has 274 valence electrons. The summed E-state index contributed by atoms with van der Waals surface area (Å²) < 4.78 is 41.7. The number of carbonyl (C=O) groups excluding carboxylic acids is 3. The Hall–Kier alpha value is -2.20. The molecule has 3 saturated heterocycles. The van der Waals surface area contributed by atoms with E-state index in [9.17, 15) is 22.8 Å². The minimum absolute atomic E-state index is 0.0618. The Morgan fingerprint density at radius 3 is 1.87 bits per heavy atom. The molecule has 0 aromatic carbocycles. The summed E-state index contributed by atoms with van der Waals surface area (Å²) >= 11 is 0. The van der Waals surface area contributed by atoms with E-state index in [0.29, 0.717) is 24.4 Å². The zero-order valence-electron chi connectivity index (χ0n) is 29.9. The molecule has 3 atom stereocenters. The molecule has 3 aliphatic rings. The van der Waals surface area contributed by atoms with Gasteiger partial charge in [-0.2, -0.15) is 13.5 Å². The van der Waals surface area contributed by atoms with Gasteiger partial charge in [-0.1, -0.05) is 53.4 Å². The molecule has 0 aromatic heterocycles. The standard InChI is InChI=1S/C16H26N4O9S.C16H36N/c1-16(2,3)28-15(23)18-7-6-11(18)9-27-17-13(21)12-5-4-10-8-19(12)14(22)20(10)29-30(24,25)26;1-5-9-13-17(14-10-6-2,15-11-7-3)16-12-8-4/h10-12H,4-9H2,1-3H3,(H,17,21)(H,24,25,26);5-16H2,1-4H3/q;+1/t10-,11+,12+;/m1./s1. The van der Waals surface area contributed by atoms with Crippen molar-refractivity contribution in [3.8, 4) is 0 Å². The number of carbonyl (C=O) groups is 3. The Morgan fingerprint density at radius 2 is 1.45 bits per heavy atom. The fourth-order valence-electron chi connectivity index (χ4n) is 6.20. The molecule has 0 aliphatic carbocycles. The van der Waals surface area contributed by atoms with E-state index in [0.717, 1.165) is 4.90 Å². The average Bonchev–Trinajstić information content (AvgIpc) is 3.20. The van der Waals surface area contributed by atoms with Crippen LogP contribution in [0.5, 0.6) is 0 Å². The first-order chi connectivity index (χ1) is 22.1. The lowest BCUT2D eigenvalue weighted by molar-refractivity contribution is -0.929. The second-order valence-corrected chi connectivity index (χ2v) is 15.1. The third-order valence-corrected chi connectivity index (χ3v) is 9.31. The number of quaternary nitrogens is 1. The predicted octanol–water partition coefficient (Wildman–Crippen LogP) is 5.05. The van der Waals surface area contributed by atoms with Crippen molar-refractivity contribution in [2.45, 2.75) is 143 Å². The van der Waals surface area contributed by atoms with Crippen LogP contribution in [0.1, 0.15) is 119 Å². The number of fused-ring (bicyclic) bond motifs is 2. The highest BCUT2D eigenvalue weighted by Crippen LogP contribution is 2.31. The Kier molecular flexibility index (Phi) is 16.7. The summed E-state index contributed by atoms with van der Waals surface area (Å²) in [5, 5.41) is 0.566. The topological polar surface area (TPSA) is 155 Å². The number of rotatable bonds is 18. The molecule has 0 aromatic rings. The molecule has 47 heavy (non-hydrogen) atoms. The van der Waals surface area contributed by atoms with Gasteiger partial charge in [0.05, 0.1) is 44.9 Å². The third-order valence-electron chi connectivity index (χ3n) is 8.96. The van der Waals surface area contributed by atoms with Gasteiger partial charge in [-0.15, -0.1) is 4.28 Å². The summed E-state index contributed by atoms with van der Waals surface area (Å²) in [5.41, 5.74) is 1.68. The van der Waals surface area contributed by atoms with Crippen molar-refractivity contribution < 1.29 is 45.7 Å². The SMILES string of the molecule is CC(C)(C)OC(=O)N1CC[C@H]1CONC(=O)[C@@H]1CC[C@@H]2CN1C(=O)N2OS(=O)(=O)O.CCCC[N+](CCCC)(CCCC)CCCC. The van der Waals surface area contributed by atoms with Gasteiger partial charge < -0.3 is 19.0 Å². The van der Waals surface area contributed by atoms with E-state index in [1.54, 1.807) is 20.8 Å². The lowest BCUT2D eigenvalue weighted by Gasteiger charge is -2.41. The summed E-state index contributed by atoms with van der Waals surface area (Å²) in [6.07, 6.45) is 11.9. The normalized spacial score (nSPS) is 21.2. The highest BCUT2D eigenvalue weighted by molar-refractivity contribution is 7.80. The molecule has 0 unspecified atom stereocenters. The molecule has 3 aliphatic heterocycles. The van der Waals surface area contributed by atoms with Gasteiger partial charge in [0, 0.05) is 13.1 Å². The molecular weight excluding hydrogens is 630 g/mol. The van der Waals surface area contributed by atoms with E-state index in [1.807, 2.05) is 0 Å². The number of hydrogen-bond acceptors (Lipinski definition) is 8. The van der Waals surface area contributed by atoms with Crippen LogP contribution in [0.3, 0.4) is 0 Å². The second-order valence-electron chi connectivity index (χ2n) is 14.1. The molecule has 3 rings (SSSR count). The predicted molar refractivity (Wildman–Crippen MR) is 178 cm³/mol. The van der Waals surface area contributed by atoms with Crippen LogP contribution in [0.4, 0.5) is 9.59 Å². The van der Waals surface area contributed by atoms with Gasteiger partial charge in [-0.3, -0.25) is 14.2 Å². The molecule has 0 radical (unpaired) electrons. The fraction of sp³-hybridized carbons (Fsp3) is 0.906. The fourth-order valence-corrected chi connectivity index (χ4v) is 6.59. The summed E-state index contributed by atoms with van der Waals surface area (Å²) in [4.78, 5) is 44.8. The van der Waals surface area contributed by atoms with Crippen molar-refractivity contribution in [1.82, 2.24) is 20.3 Å². The number of unbranched alkanes of at least 4 members (excludes halogenated alkanes) is 4. The molecular formula is C32H62N5O9S+. The highest BCUT2D eigenvalue weighted by Gasteiger charge is 2.49. The van der Waals surface area contributed by atoms with Crippen molar-refractivity contribution in [1.29, 1.82) is 0 Å². The van der Waals surface area contributed by atoms with Crippen molar-refractivity contribution in [2.24, 2.45) is 0 Å². The number of nitrogens with one attached hydrogen (secondary N) is 1. The zero-order valence-corrected chi connectivity index (χ0v) is 30.7. The van der Waals surface area contributed by atoms with Crippen LogP contribution in [-0.2, 0) is 29.1 Å². The molecule has 2 bridgehead atoms. The van der Waals surface area contributed by atoms with Crippen LogP contribution in [0.25, 0.3) is 0 Å². The number of likely N-dealkylation sites (tertiary alicyclic amines) is 1. The molecule has 0 saturated carbocycles. The summed E-state index contributed by atoms with van der Waals surface area (Å²) in [5.74, 6) is -0.571. The lowest BCUT2D eigenvalue weighted by atomic mass is 10.0. The molecule has 4 amide bonds. The van der Waals surface area contributed by atoms with Crippen LogP contribution >= 0.6 is 0 Å². The van der Waals surface area contributed by atoms with Crippen molar-refractivity contribution in [2.75, 3.05) is 45.9 Å². The van der Waals surface area contributed by atoms with Gasteiger partial charge in [0.1, 0.15) is 11.6 Å². The van der Waals surface area contributed by atoms with Crippen LogP contribution < -0.4 is 5.48 Å². The number of amides is 4. The number of hydrogen-bond donors (Lipinski definition) is 2. The molecule has 2 N–H and O–H groups in total. The largest absolute Gasteiger partial charge is 0.444 e. The van der Waals surface area contributed by atoms with Crippen LogP contribution in [0.2, 0.25) is 0 Å². The van der Waals surface area contributed by atoms with Crippen LogP contribution in [0, 0.1) is 0 Å². The first-order valence-corrected chi connectivity index (χ1v) is 19.0. The van der Waals surface area contributed by atoms with E-state index in [2.05, 4.69) is 37.5 Å². The van der Waals surface area contributed by atoms with Gasteiger partial charge in [-0.05, 0) is 65.7 Å².